The molecule has 0 aromatic carbocycles. The average Bonchev–Trinajstić information content (AvgIpc) is 2.88. The molecule has 0 heterocycles. The molecule has 1 fully saturated rings. The van der Waals surface area contributed by atoms with Crippen molar-refractivity contribution in [2.24, 2.45) is 17.3 Å². The van der Waals surface area contributed by atoms with Gasteiger partial charge in [-0.25, -0.2) is 0 Å². The van der Waals surface area contributed by atoms with Crippen molar-refractivity contribution < 1.29 is 0 Å². The van der Waals surface area contributed by atoms with Gasteiger partial charge in [0.05, 0.1) is 0 Å². The van der Waals surface area contributed by atoms with Crippen LogP contribution in [0.1, 0.15) is 66.2 Å². The smallest absolute Gasteiger partial charge is 0.0323 e. The van der Waals surface area contributed by atoms with Gasteiger partial charge in [0.15, 0.2) is 0 Å². The van der Waals surface area contributed by atoms with Gasteiger partial charge in [0.2, 0.25) is 0 Å². The Hall–Kier alpha value is 0. The fraction of sp³-hybridized carbons (Fsp3) is 1.00. The lowest BCUT2D eigenvalue weighted by Crippen LogP contribution is -2.19. The topological polar surface area (TPSA) is 0 Å². The fourth-order valence-electron chi connectivity index (χ4n) is 2.38. The largest absolute Gasteiger partial charge is 0.0651 e. The zero-order chi connectivity index (χ0) is 9.90. The standard InChI is InChI=1S/C13H26/c1-5-11(3)9-13(4,6-2)10-12-7-8-12/h11-12H,5-10H2,1-4H3. The Morgan fingerprint density at radius 3 is 2.31 bits per heavy atom. The van der Waals surface area contributed by atoms with E-state index in [1.54, 1.807) is 0 Å². The summed E-state index contributed by atoms with van der Waals surface area (Å²) in [6.45, 7) is 9.58. The summed E-state index contributed by atoms with van der Waals surface area (Å²) < 4.78 is 0. The second-order valence-electron chi connectivity index (χ2n) is 5.53. The summed E-state index contributed by atoms with van der Waals surface area (Å²) in [6, 6.07) is 0. The second-order valence-corrected chi connectivity index (χ2v) is 5.53. The minimum Gasteiger partial charge on any atom is -0.0651 e. The Morgan fingerprint density at radius 1 is 1.31 bits per heavy atom. The lowest BCUT2D eigenvalue weighted by Gasteiger charge is -2.31. The monoisotopic (exact) mass is 182 g/mol. The number of rotatable bonds is 6. The summed E-state index contributed by atoms with van der Waals surface area (Å²) in [4.78, 5) is 0. The summed E-state index contributed by atoms with van der Waals surface area (Å²) >= 11 is 0. The Kier molecular flexibility index (Phi) is 3.82. The molecular formula is C13H26. The SMILES string of the molecule is CCC(C)CC(C)(CC)CC1CC1. The highest BCUT2D eigenvalue weighted by Crippen LogP contribution is 2.45. The second kappa shape index (κ2) is 4.48. The molecule has 0 radical (unpaired) electrons. The van der Waals surface area contributed by atoms with Gasteiger partial charge in [-0.3, -0.25) is 0 Å². The van der Waals surface area contributed by atoms with Gasteiger partial charge in [0, 0.05) is 0 Å². The first-order chi connectivity index (χ1) is 6.09. The van der Waals surface area contributed by atoms with Crippen LogP contribution in [0.25, 0.3) is 0 Å². The van der Waals surface area contributed by atoms with Crippen LogP contribution in [-0.2, 0) is 0 Å². The van der Waals surface area contributed by atoms with Crippen LogP contribution in [-0.4, -0.2) is 0 Å². The minimum atomic E-state index is 0.649. The van der Waals surface area contributed by atoms with E-state index in [0.717, 1.165) is 11.8 Å². The van der Waals surface area contributed by atoms with E-state index >= 15 is 0 Å². The molecule has 1 aliphatic carbocycles. The van der Waals surface area contributed by atoms with Crippen LogP contribution in [0.15, 0.2) is 0 Å². The van der Waals surface area contributed by atoms with E-state index in [1.165, 1.54) is 38.5 Å². The van der Waals surface area contributed by atoms with Crippen molar-refractivity contribution in [3.05, 3.63) is 0 Å². The highest BCUT2D eigenvalue weighted by molar-refractivity contribution is 4.84. The zero-order valence-electron chi connectivity index (χ0n) is 9.90. The van der Waals surface area contributed by atoms with Crippen LogP contribution in [0.5, 0.6) is 0 Å². The Bertz CT molecular complexity index is 146. The summed E-state index contributed by atoms with van der Waals surface area (Å²) in [5, 5.41) is 0. The molecule has 0 saturated heterocycles. The van der Waals surface area contributed by atoms with Gasteiger partial charge in [0.25, 0.3) is 0 Å². The van der Waals surface area contributed by atoms with Crippen molar-refractivity contribution in [3.63, 3.8) is 0 Å². The third kappa shape index (κ3) is 3.70. The summed E-state index contributed by atoms with van der Waals surface area (Å²) in [7, 11) is 0. The van der Waals surface area contributed by atoms with Crippen LogP contribution in [0.2, 0.25) is 0 Å². The van der Waals surface area contributed by atoms with Gasteiger partial charge in [-0.05, 0) is 30.1 Å². The summed E-state index contributed by atoms with van der Waals surface area (Å²) in [5.41, 5.74) is 0.649. The molecule has 1 aliphatic rings. The molecule has 0 aromatic rings. The van der Waals surface area contributed by atoms with Crippen molar-refractivity contribution in [2.45, 2.75) is 66.2 Å². The van der Waals surface area contributed by atoms with Crippen molar-refractivity contribution in [3.8, 4) is 0 Å². The fourth-order valence-corrected chi connectivity index (χ4v) is 2.38. The molecule has 0 amide bonds. The normalized spacial score (nSPS) is 24.0. The third-order valence-electron chi connectivity index (χ3n) is 3.87. The molecule has 13 heavy (non-hydrogen) atoms. The van der Waals surface area contributed by atoms with E-state index in [1.807, 2.05) is 0 Å². The summed E-state index contributed by atoms with van der Waals surface area (Å²) in [5.74, 6) is 2.01. The van der Waals surface area contributed by atoms with Gasteiger partial charge in [0.1, 0.15) is 0 Å². The molecular weight excluding hydrogens is 156 g/mol. The average molecular weight is 182 g/mol. The molecule has 0 aliphatic heterocycles. The predicted octanol–water partition coefficient (Wildman–Crippen LogP) is 4.64. The third-order valence-corrected chi connectivity index (χ3v) is 3.87. The van der Waals surface area contributed by atoms with Crippen LogP contribution >= 0.6 is 0 Å². The van der Waals surface area contributed by atoms with Gasteiger partial charge in [-0.1, -0.05) is 53.4 Å². The van der Waals surface area contributed by atoms with E-state index in [9.17, 15) is 0 Å². The predicted molar refractivity (Wildman–Crippen MR) is 59.8 cm³/mol. The maximum absolute atomic E-state index is 2.50. The van der Waals surface area contributed by atoms with Crippen molar-refractivity contribution in [1.82, 2.24) is 0 Å². The quantitative estimate of drug-likeness (QED) is 0.561. The maximum atomic E-state index is 2.50. The van der Waals surface area contributed by atoms with E-state index in [0.29, 0.717) is 5.41 Å². The molecule has 1 rings (SSSR count). The van der Waals surface area contributed by atoms with Crippen LogP contribution in [0.3, 0.4) is 0 Å². The minimum absolute atomic E-state index is 0.649. The highest BCUT2D eigenvalue weighted by atomic mass is 14.4. The number of hydrogen-bond acceptors (Lipinski definition) is 0. The van der Waals surface area contributed by atoms with Crippen molar-refractivity contribution >= 4 is 0 Å². The van der Waals surface area contributed by atoms with Gasteiger partial charge in [-0.15, -0.1) is 0 Å². The van der Waals surface area contributed by atoms with E-state index in [4.69, 9.17) is 0 Å². The molecule has 2 unspecified atom stereocenters. The van der Waals surface area contributed by atoms with Crippen molar-refractivity contribution in [1.29, 1.82) is 0 Å². The molecule has 0 aromatic heterocycles. The molecule has 0 nitrogen and oxygen atoms in total. The summed E-state index contributed by atoms with van der Waals surface area (Å²) in [6.07, 6.45) is 8.67. The molecule has 0 heteroatoms. The molecule has 2 atom stereocenters. The van der Waals surface area contributed by atoms with E-state index < -0.39 is 0 Å². The van der Waals surface area contributed by atoms with Crippen LogP contribution < -0.4 is 0 Å². The van der Waals surface area contributed by atoms with Crippen molar-refractivity contribution in [2.75, 3.05) is 0 Å². The van der Waals surface area contributed by atoms with Crippen LogP contribution in [0, 0.1) is 17.3 Å². The molecule has 0 spiro atoms. The molecule has 78 valence electrons. The molecule has 1 saturated carbocycles. The first kappa shape index (κ1) is 11.1. The van der Waals surface area contributed by atoms with E-state index in [2.05, 4.69) is 27.7 Å². The first-order valence-corrected chi connectivity index (χ1v) is 6.09. The molecule has 0 N–H and O–H groups in total. The van der Waals surface area contributed by atoms with E-state index in [-0.39, 0.29) is 0 Å². The Labute approximate surface area is 84.1 Å². The lowest BCUT2D eigenvalue weighted by atomic mass is 9.75. The maximum Gasteiger partial charge on any atom is -0.0323 e. The van der Waals surface area contributed by atoms with Gasteiger partial charge in [-0.2, -0.15) is 0 Å². The van der Waals surface area contributed by atoms with Gasteiger partial charge >= 0.3 is 0 Å². The Balaban J connectivity index is 2.36. The highest BCUT2D eigenvalue weighted by Gasteiger charge is 2.32. The van der Waals surface area contributed by atoms with Crippen LogP contribution in [0.4, 0.5) is 0 Å². The molecule has 0 bridgehead atoms. The zero-order valence-corrected chi connectivity index (χ0v) is 9.90. The first-order valence-electron chi connectivity index (χ1n) is 6.09. The Morgan fingerprint density at radius 2 is 1.92 bits per heavy atom. The number of hydrogen-bond donors (Lipinski definition) is 0. The lowest BCUT2D eigenvalue weighted by molar-refractivity contribution is 0.205. The van der Waals surface area contributed by atoms with Gasteiger partial charge < -0.3 is 0 Å².